The Bertz CT molecular complexity index is 443. The lowest BCUT2D eigenvalue weighted by molar-refractivity contribution is 0.172. The predicted octanol–water partition coefficient (Wildman–Crippen LogP) is 4.21. The van der Waals surface area contributed by atoms with E-state index >= 15 is 0 Å². The van der Waals surface area contributed by atoms with Gasteiger partial charge in [-0.2, -0.15) is 0 Å². The van der Waals surface area contributed by atoms with Gasteiger partial charge in [0, 0.05) is 0 Å². The zero-order valence-corrected chi connectivity index (χ0v) is 14.1. The Balaban J connectivity index is 2.15. The molecule has 3 unspecified atom stereocenters. The molecule has 1 aliphatic carbocycles. The molecular weight excluding hydrogens is 258 g/mol. The van der Waals surface area contributed by atoms with Gasteiger partial charge in [-0.05, 0) is 69.2 Å². The summed E-state index contributed by atoms with van der Waals surface area (Å²) in [7, 11) is 3.87. The highest BCUT2D eigenvalue weighted by molar-refractivity contribution is 5.37. The number of hydrogen-bond acceptors (Lipinski definition) is 2. The van der Waals surface area contributed by atoms with Gasteiger partial charge in [-0.3, -0.25) is 0 Å². The van der Waals surface area contributed by atoms with Gasteiger partial charge in [-0.15, -0.1) is 0 Å². The summed E-state index contributed by atoms with van der Waals surface area (Å²) in [5.41, 5.74) is 2.72. The van der Waals surface area contributed by atoms with Crippen LogP contribution in [0.15, 0.2) is 18.2 Å². The third kappa shape index (κ3) is 4.23. The van der Waals surface area contributed by atoms with Crippen LogP contribution >= 0.6 is 0 Å². The molecule has 0 heterocycles. The third-order valence-corrected chi connectivity index (χ3v) is 5.21. The lowest BCUT2D eigenvalue weighted by atomic mass is 9.71. The van der Waals surface area contributed by atoms with Crippen molar-refractivity contribution in [3.63, 3.8) is 0 Å². The summed E-state index contributed by atoms with van der Waals surface area (Å²) >= 11 is 0. The molecular formula is C19H31NO. The van der Waals surface area contributed by atoms with Gasteiger partial charge in [0.15, 0.2) is 0 Å². The maximum atomic E-state index is 5.57. The van der Waals surface area contributed by atoms with Crippen molar-refractivity contribution < 1.29 is 4.74 Å². The van der Waals surface area contributed by atoms with Crippen molar-refractivity contribution in [2.75, 3.05) is 20.7 Å². The van der Waals surface area contributed by atoms with Crippen molar-refractivity contribution in [3.05, 3.63) is 29.3 Å². The highest BCUT2D eigenvalue weighted by Crippen LogP contribution is 2.38. The zero-order valence-electron chi connectivity index (χ0n) is 14.1. The first-order chi connectivity index (χ1) is 10.2. The van der Waals surface area contributed by atoms with Crippen LogP contribution < -0.4 is 10.1 Å². The van der Waals surface area contributed by atoms with E-state index in [9.17, 15) is 0 Å². The number of nitrogens with one attached hydrogen (secondary N) is 1. The SMILES string of the molecule is CCC1CCC(CNC)C(Cc2cc(C)ccc2OC)C1. The molecule has 2 nitrogen and oxygen atoms in total. The Morgan fingerprint density at radius 3 is 2.71 bits per heavy atom. The summed E-state index contributed by atoms with van der Waals surface area (Å²) < 4.78 is 5.57. The minimum atomic E-state index is 0.784. The molecule has 1 fully saturated rings. The van der Waals surface area contributed by atoms with Crippen LogP contribution in [0.3, 0.4) is 0 Å². The number of rotatable bonds is 6. The average molecular weight is 289 g/mol. The number of benzene rings is 1. The third-order valence-electron chi connectivity index (χ3n) is 5.21. The molecule has 1 N–H and O–H groups in total. The fourth-order valence-electron chi connectivity index (χ4n) is 3.93. The Kier molecular flexibility index (Phi) is 6.10. The molecule has 118 valence electrons. The van der Waals surface area contributed by atoms with E-state index in [1.807, 2.05) is 0 Å². The van der Waals surface area contributed by atoms with E-state index in [4.69, 9.17) is 4.74 Å². The predicted molar refractivity (Wildman–Crippen MR) is 90.0 cm³/mol. The molecule has 0 aromatic heterocycles. The molecule has 2 heteroatoms. The molecule has 0 spiro atoms. The number of methoxy groups -OCH3 is 1. The monoisotopic (exact) mass is 289 g/mol. The number of ether oxygens (including phenoxy) is 1. The largest absolute Gasteiger partial charge is 0.496 e. The minimum Gasteiger partial charge on any atom is -0.496 e. The Morgan fingerprint density at radius 2 is 2.05 bits per heavy atom. The molecule has 0 aliphatic heterocycles. The summed E-state index contributed by atoms with van der Waals surface area (Å²) in [6.07, 6.45) is 6.64. The van der Waals surface area contributed by atoms with Crippen molar-refractivity contribution in [1.82, 2.24) is 5.32 Å². The number of aryl methyl sites for hydroxylation is 1. The molecule has 0 radical (unpaired) electrons. The highest BCUT2D eigenvalue weighted by Gasteiger charge is 2.30. The van der Waals surface area contributed by atoms with E-state index in [1.54, 1.807) is 7.11 Å². The van der Waals surface area contributed by atoms with Gasteiger partial charge in [0.25, 0.3) is 0 Å². The van der Waals surface area contributed by atoms with Crippen LogP contribution in [0.25, 0.3) is 0 Å². The molecule has 0 amide bonds. The average Bonchev–Trinajstić information content (AvgIpc) is 2.49. The van der Waals surface area contributed by atoms with E-state index in [0.717, 1.165) is 36.5 Å². The lowest BCUT2D eigenvalue weighted by Gasteiger charge is -2.36. The molecule has 3 atom stereocenters. The molecule has 1 saturated carbocycles. The first-order valence-corrected chi connectivity index (χ1v) is 8.46. The minimum absolute atomic E-state index is 0.784. The molecule has 2 rings (SSSR count). The summed E-state index contributed by atoms with van der Waals surface area (Å²) in [5, 5.41) is 3.39. The maximum absolute atomic E-state index is 5.57. The lowest BCUT2D eigenvalue weighted by Crippen LogP contribution is -2.33. The first kappa shape index (κ1) is 16.4. The molecule has 1 aromatic carbocycles. The second-order valence-electron chi connectivity index (χ2n) is 6.68. The van der Waals surface area contributed by atoms with Crippen molar-refractivity contribution >= 4 is 0 Å². The Morgan fingerprint density at radius 1 is 1.24 bits per heavy atom. The summed E-state index contributed by atoms with van der Waals surface area (Å²) in [6, 6.07) is 6.58. The second kappa shape index (κ2) is 7.84. The molecule has 0 saturated heterocycles. The topological polar surface area (TPSA) is 21.3 Å². The molecule has 0 bridgehead atoms. The van der Waals surface area contributed by atoms with Gasteiger partial charge in [-0.1, -0.05) is 37.5 Å². The van der Waals surface area contributed by atoms with E-state index in [0.29, 0.717) is 0 Å². The molecule has 21 heavy (non-hydrogen) atoms. The van der Waals surface area contributed by atoms with Crippen LogP contribution in [0.5, 0.6) is 5.75 Å². The summed E-state index contributed by atoms with van der Waals surface area (Å²) in [6.45, 7) is 5.66. The van der Waals surface area contributed by atoms with Crippen molar-refractivity contribution in [3.8, 4) is 5.75 Å². The zero-order chi connectivity index (χ0) is 15.2. The van der Waals surface area contributed by atoms with Gasteiger partial charge in [0.1, 0.15) is 5.75 Å². The fourth-order valence-corrected chi connectivity index (χ4v) is 3.93. The quantitative estimate of drug-likeness (QED) is 0.847. The Labute approximate surface area is 130 Å². The maximum Gasteiger partial charge on any atom is 0.122 e. The number of hydrogen-bond donors (Lipinski definition) is 1. The van der Waals surface area contributed by atoms with Gasteiger partial charge >= 0.3 is 0 Å². The highest BCUT2D eigenvalue weighted by atomic mass is 16.5. The van der Waals surface area contributed by atoms with Gasteiger partial charge in [-0.25, -0.2) is 0 Å². The van der Waals surface area contributed by atoms with Gasteiger partial charge in [0.05, 0.1) is 7.11 Å². The molecule has 1 aliphatic rings. The van der Waals surface area contributed by atoms with Crippen molar-refractivity contribution in [2.24, 2.45) is 17.8 Å². The van der Waals surface area contributed by atoms with Crippen LogP contribution in [-0.4, -0.2) is 20.7 Å². The van der Waals surface area contributed by atoms with E-state index < -0.39 is 0 Å². The van der Waals surface area contributed by atoms with E-state index in [2.05, 4.69) is 44.4 Å². The van der Waals surface area contributed by atoms with Crippen LogP contribution in [0.2, 0.25) is 0 Å². The molecule has 1 aromatic rings. The Hall–Kier alpha value is -1.02. The standard InChI is InChI=1S/C19H31NO/c1-5-15-7-8-16(13-20-3)17(11-15)12-18-10-14(2)6-9-19(18)21-4/h6,9-10,15-17,20H,5,7-8,11-13H2,1-4H3. The second-order valence-corrected chi connectivity index (χ2v) is 6.68. The van der Waals surface area contributed by atoms with Gasteiger partial charge in [0.2, 0.25) is 0 Å². The van der Waals surface area contributed by atoms with Crippen LogP contribution in [0, 0.1) is 24.7 Å². The van der Waals surface area contributed by atoms with Crippen LogP contribution in [0.4, 0.5) is 0 Å². The van der Waals surface area contributed by atoms with Crippen molar-refractivity contribution in [2.45, 2.75) is 46.0 Å². The summed E-state index contributed by atoms with van der Waals surface area (Å²) in [5.74, 6) is 3.57. The smallest absolute Gasteiger partial charge is 0.122 e. The van der Waals surface area contributed by atoms with Crippen LogP contribution in [0.1, 0.15) is 43.7 Å². The van der Waals surface area contributed by atoms with E-state index in [-0.39, 0.29) is 0 Å². The normalized spacial score (nSPS) is 25.8. The van der Waals surface area contributed by atoms with Crippen molar-refractivity contribution in [1.29, 1.82) is 0 Å². The van der Waals surface area contributed by atoms with E-state index in [1.165, 1.54) is 36.8 Å². The fraction of sp³-hybridized carbons (Fsp3) is 0.684. The first-order valence-electron chi connectivity index (χ1n) is 8.46. The summed E-state index contributed by atoms with van der Waals surface area (Å²) in [4.78, 5) is 0. The van der Waals surface area contributed by atoms with Crippen LogP contribution in [-0.2, 0) is 6.42 Å². The van der Waals surface area contributed by atoms with Gasteiger partial charge < -0.3 is 10.1 Å².